The van der Waals surface area contributed by atoms with E-state index in [1.54, 1.807) is 36.4 Å². The van der Waals surface area contributed by atoms with Crippen molar-refractivity contribution in [3.8, 4) is 11.5 Å². The fourth-order valence-electron chi connectivity index (χ4n) is 4.24. The number of hydrogen-bond donors (Lipinski definition) is 1. The smallest absolute Gasteiger partial charge is 0.282 e. The molecule has 2 heterocycles. The molecule has 0 unspecified atom stereocenters. The van der Waals surface area contributed by atoms with Crippen LogP contribution in [0.3, 0.4) is 0 Å². The topological polar surface area (TPSA) is 135 Å². The van der Waals surface area contributed by atoms with Gasteiger partial charge in [-0.05, 0) is 48.5 Å². The molecule has 0 aliphatic carbocycles. The molecule has 204 valence electrons. The van der Waals surface area contributed by atoms with Gasteiger partial charge >= 0.3 is 0 Å². The van der Waals surface area contributed by atoms with Crippen molar-refractivity contribution in [1.82, 2.24) is 15.1 Å². The summed E-state index contributed by atoms with van der Waals surface area (Å²) in [4.78, 5) is 39.9. The lowest BCUT2D eigenvalue weighted by Gasteiger charge is -2.36. The van der Waals surface area contributed by atoms with Crippen LogP contribution in [0.15, 0.2) is 82.4 Å². The molecular weight excluding hydrogens is 556 g/mol. The third kappa shape index (κ3) is 6.41. The van der Waals surface area contributed by atoms with Crippen molar-refractivity contribution in [2.24, 2.45) is 0 Å². The molecule has 5 rings (SSSR count). The first-order valence-corrected chi connectivity index (χ1v) is 13.6. The highest BCUT2D eigenvalue weighted by Crippen LogP contribution is 2.30. The van der Waals surface area contributed by atoms with E-state index < -0.39 is 4.92 Å². The van der Waals surface area contributed by atoms with E-state index in [4.69, 9.17) is 16.0 Å². The molecule has 1 fully saturated rings. The van der Waals surface area contributed by atoms with Gasteiger partial charge in [0.05, 0.1) is 10.7 Å². The van der Waals surface area contributed by atoms with Crippen molar-refractivity contribution in [1.29, 1.82) is 0 Å². The maximum atomic E-state index is 12.8. The molecular formula is C27H23ClN6O5S. The third-order valence-corrected chi connectivity index (χ3v) is 7.27. The van der Waals surface area contributed by atoms with Gasteiger partial charge in [0, 0.05) is 54.2 Å². The number of piperazine rings is 1. The number of carbonyl (C=O) groups excluding carboxylic acids is 2. The van der Waals surface area contributed by atoms with Gasteiger partial charge in [0.25, 0.3) is 22.7 Å². The quantitative estimate of drug-likeness (QED) is 0.174. The van der Waals surface area contributed by atoms with E-state index in [1.165, 1.54) is 12.1 Å². The van der Waals surface area contributed by atoms with Crippen molar-refractivity contribution in [3.63, 3.8) is 0 Å². The first-order valence-electron chi connectivity index (χ1n) is 12.3. The largest absolute Gasteiger partial charge is 0.411 e. The van der Waals surface area contributed by atoms with Crippen LogP contribution in [-0.4, -0.2) is 63.8 Å². The van der Waals surface area contributed by atoms with Crippen LogP contribution in [-0.2, 0) is 4.79 Å². The summed E-state index contributed by atoms with van der Waals surface area (Å²) in [6, 6.07) is 20.5. The van der Waals surface area contributed by atoms with Gasteiger partial charge in [-0.3, -0.25) is 19.7 Å². The van der Waals surface area contributed by atoms with Crippen LogP contribution in [0.1, 0.15) is 10.4 Å². The summed E-state index contributed by atoms with van der Waals surface area (Å²) in [6.07, 6.45) is 0. The zero-order valence-electron chi connectivity index (χ0n) is 21.0. The molecule has 11 nitrogen and oxygen atoms in total. The number of nitrogens with zero attached hydrogens (tertiary/aromatic N) is 5. The van der Waals surface area contributed by atoms with Crippen LogP contribution in [0.4, 0.5) is 17.1 Å². The molecule has 2 amide bonds. The standard InChI is InChI=1S/C27H23ClN6O5S/c28-19-5-3-4-18(16-19)26(36)33-14-12-32(13-15-33)21-10-8-20(9-11-21)29-24(35)17-40-27-31-30-25(39-27)22-6-1-2-7-23(22)34(37)38/h1-11,16H,12-15,17H2,(H,29,35). The Balaban J connectivity index is 1.10. The number of benzene rings is 3. The second-order valence-corrected chi connectivity index (χ2v) is 10.2. The average molecular weight is 579 g/mol. The molecule has 1 aromatic heterocycles. The van der Waals surface area contributed by atoms with Gasteiger partial charge in [0.2, 0.25) is 5.91 Å². The van der Waals surface area contributed by atoms with Crippen LogP contribution in [0.25, 0.3) is 11.5 Å². The number of nitrogens with one attached hydrogen (secondary N) is 1. The lowest BCUT2D eigenvalue weighted by Crippen LogP contribution is -2.48. The van der Waals surface area contributed by atoms with Crippen LogP contribution in [0.5, 0.6) is 0 Å². The predicted molar refractivity (Wildman–Crippen MR) is 152 cm³/mol. The molecule has 0 bridgehead atoms. The SMILES string of the molecule is O=C(CSc1nnc(-c2ccccc2[N+](=O)[O-])o1)Nc1ccc(N2CCN(C(=O)c3cccc(Cl)c3)CC2)cc1. The maximum Gasteiger partial charge on any atom is 0.282 e. The van der Waals surface area contributed by atoms with E-state index in [9.17, 15) is 19.7 Å². The molecule has 1 N–H and O–H groups in total. The summed E-state index contributed by atoms with van der Waals surface area (Å²) in [6.45, 7) is 2.56. The summed E-state index contributed by atoms with van der Waals surface area (Å²) in [7, 11) is 0. The second-order valence-electron chi connectivity index (χ2n) is 8.82. The molecule has 1 aliphatic rings. The third-order valence-electron chi connectivity index (χ3n) is 6.22. The van der Waals surface area contributed by atoms with Gasteiger partial charge in [0.1, 0.15) is 5.56 Å². The lowest BCUT2D eigenvalue weighted by atomic mass is 10.1. The Hall–Kier alpha value is -4.42. The van der Waals surface area contributed by atoms with E-state index in [2.05, 4.69) is 20.4 Å². The number of amides is 2. The summed E-state index contributed by atoms with van der Waals surface area (Å²) in [5.74, 6) is -0.268. The number of carbonyl (C=O) groups is 2. The summed E-state index contributed by atoms with van der Waals surface area (Å²) < 4.78 is 5.52. The Bertz CT molecular complexity index is 1540. The maximum absolute atomic E-state index is 12.8. The molecule has 13 heteroatoms. The molecule has 0 spiro atoms. The Morgan fingerprint density at radius 1 is 1.00 bits per heavy atom. The monoisotopic (exact) mass is 578 g/mol. The zero-order chi connectivity index (χ0) is 28.1. The van der Waals surface area contributed by atoms with E-state index in [0.717, 1.165) is 17.4 Å². The highest BCUT2D eigenvalue weighted by Gasteiger charge is 2.23. The van der Waals surface area contributed by atoms with Crippen molar-refractivity contribution in [3.05, 3.63) is 93.5 Å². The molecule has 0 atom stereocenters. The normalized spacial score (nSPS) is 13.2. The van der Waals surface area contributed by atoms with Crippen molar-refractivity contribution < 1.29 is 18.9 Å². The molecule has 1 aliphatic heterocycles. The molecule has 0 saturated carbocycles. The molecule has 1 saturated heterocycles. The number of thioether (sulfide) groups is 1. The summed E-state index contributed by atoms with van der Waals surface area (Å²) in [5, 5.41) is 22.5. The second kappa shape index (κ2) is 12.2. The van der Waals surface area contributed by atoms with Crippen LogP contribution in [0, 0.1) is 10.1 Å². The summed E-state index contributed by atoms with van der Waals surface area (Å²) in [5.41, 5.74) is 2.28. The Labute approximate surface area is 238 Å². The van der Waals surface area contributed by atoms with E-state index in [1.807, 2.05) is 29.2 Å². The van der Waals surface area contributed by atoms with Gasteiger partial charge < -0.3 is 19.5 Å². The number of aromatic nitrogens is 2. The Morgan fingerprint density at radius 3 is 2.48 bits per heavy atom. The molecule has 4 aromatic rings. The predicted octanol–water partition coefficient (Wildman–Crippen LogP) is 4.99. The van der Waals surface area contributed by atoms with E-state index in [-0.39, 0.29) is 39.9 Å². The number of hydrogen-bond acceptors (Lipinski definition) is 9. The molecule has 40 heavy (non-hydrogen) atoms. The minimum atomic E-state index is -0.519. The van der Waals surface area contributed by atoms with Gasteiger partial charge in [-0.25, -0.2) is 0 Å². The minimum Gasteiger partial charge on any atom is -0.411 e. The number of nitro groups is 1. The van der Waals surface area contributed by atoms with E-state index in [0.29, 0.717) is 42.5 Å². The fraction of sp³-hybridized carbons (Fsp3) is 0.185. The Morgan fingerprint density at radius 2 is 1.75 bits per heavy atom. The highest BCUT2D eigenvalue weighted by atomic mass is 35.5. The number of halogens is 1. The minimum absolute atomic E-state index is 0.0143. The van der Waals surface area contributed by atoms with Crippen LogP contribution < -0.4 is 10.2 Å². The fourth-order valence-corrected chi connectivity index (χ4v) is 5.00. The van der Waals surface area contributed by atoms with Crippen LogP contribution in [0.2, 0.25) is 5.02 Å². The van der Waals surface area contributed by atoms with Crippen LogP contribution >= 0.6 is 23.4 Å². The van der Waals surface area contributed by atoms with Crippen molar-refractivity contribution in [2.45, 2.75) is 5.22 Å². The first kappa shape index (κ1) is 27.2. The number of para-hydroxylation sites is 1. The molecule has 3 aromatic carbocycles. The van der Waals surface area contributed by atoms with E-state index >= 15 is 0 Å². The Kier molecular flexibility index (Phi) is 8.27. The van der Waals surface area contributed by atoms with Crippen molar-refractivity contribution >= 4 is 52.2 Å². The number of anilines is 2. The highest BCUT2D eigenvalue weighted by molar-refractivity contribution is 7.99. The first-order chi connectivity index (χ1) is 19.4. The van der Waals surface area contributed by atoms with Gasteiger partial charge in [-0.15, -0.1) is 10.2 Å². The van der Waals surface area contributed by atoms with Crippen molar-refractivity contribution in [2.75, 3.05) is 42.1 Å². The zero-order valence-corrected chi connectivity index (χ0v) is 22.6. The lowest BCUT2D eigenvalue weighted by molar-refractivity contribution is -0.384. The van der Waals surface area contributed by atoms with Gasteiger partial charge in [-0.1, -0.05) is 41.6 Å². The number of rotatable bonds is 8. The average Bonchev–Trinajstić information content (AvgIpc) is 3.45. The summed E-state index contributed by atoms with van der Waals surface area (Å²) >= 11 is 7.06. The van der Waals surface area contributed by atoms with Gasteiger partial charge in [0.15, 0.2) is 0 Å². The van der Waals surface area contributed by atoms with Gasteiger partial charge in [-0.2, -0.15) is 0 Å². The number of nitro benzene ring substituents is 1. The molecule has 0 radical (unpaired) electrons.